The topological polar surface area (TPSA) is 54.4 Å². The van der Waals surface area contributed by atoms with E-state index in [0.29, 0.717) is 19.3 Å². The van der Waals surface area contributed by atoms with E-state index in [1.165, 1.54) is 0 Å². The van der Waals surface area contributed by atoms with Crippen molar-refractivity contribution in [3.05, 3.63) is 0 Å². The van der Waals surface area contributed by atoms with Crippen molar-refractivity contribution < 1.29 is 14.7 Å². The lowest BCUT2D eigenvalue weighted by Gasteiger charge is -2.21. The van der Waals surface area contributed by atoms with E-state index >= 15 is 0 Å². The van der Waals surface area contributed by atoms with Gasteiger partial charge in [-0.15, -0.1) is 0 Å². The molecule has 0 saturated heterocycles. The number of carbonyl (C=O) groups is 2. The van der Waals surface area contributed by atoms with Crippen molar-refractivity contribution in [1.82, 2.24) is 0 Å². The third kappa shape index (κ3) is 4.09. The van der Waals surface area contributed by atoms with Crippen LogP contribution in [0.4, 0.5) is 0 Å². The summed E-state index contributed by atoms with van der Waals surface area (Å²) >= 11 is 5.39. The Morgan fingerprint density at radius 1 is 1.43 bits per heavy atom. The molecule has 14 heavy (non-hydrogen) atoms. The molecule has 1 N–H and O–H groups in total. The van der Waals surface area contributed by atoms with Gasteiger partial charge in [-0.1, -0.05) is 20.8 Å². The third-order valence-corrected chi connectivity index (χ3v) is 3.00. The van der Waals surface area contributed by atoms with Crippen LogP contribution in [0.1, 0.15) is 40.0 Å². The fourth-order valence-electron chi connectivity index (χ4n) is 1.14. The van der Waals surface area contributed by atoms with E-state index in [-0.39, 0.29) is 5.92 Å². The lowest BCUT2D eigenvalue weighted by atomic mass is 9.85. The predicted molar refractivity (Wildman–Crippen MR) is 55.3 cm³/mol. The summed E-state index contributed by atoms with van der Waals surface area (Å²) in [6, 6.07) is 0. The second-order valence-electron chi connectivity index (χ2n) is 4.14. The van der Waals surface area contributed by atoms with Gasteiger partial charge in [0.15, 0.2) is 0 Å². The summed E-state index contributed by atoms with van der Waals surface area (Å²) in [5, 5.41) is 8.39. The number of carboxylic acids is 1. The average Bonchev–Trinajstić information content (AvgIpc) is 2.04. The Morgan fingerprint density at radius 2 is 1.93 bits per heavy atom. The summed E-state index contributed by atoms with van der Waals surface area (Å²) in [7, 11) is 0. The number of carboxylic acid groups (broad SMARTS) is 1. The molecule has 0 bridgehead atoms. The van der Waals surface area contributed by atoms with E-state index in [2.05, 4.69) is 0 Å². The highest BCUT2D eigenvalue weighted by atomic mass is 35.5. The van der Waals surface area contributed by atoms with Crippen LogP contribution in [-0.4, -0.2) is 16.3 Å². The zero-order chi connectivity index (χ0) is 11.4. The van der Waals surface area contributed by atoms with Crippen LogP contribution in [0.25, 0.3) is 0 Å². The number of carbonyl (C=O) groups excluding carboxylic acids is 1. The first-order valence-corrected chi connectivity index (χ1v) is 5.11. The molecule has 82 valence electrons. The molecule has 0 aliphatic rings. The van der Waals surface area contributed by atoms with E-state index in [0.717, 1.165) is 0 Å². The lowest BCUT2D eigenvalue weighted by Crippen LogP contribution is -2.22. The first-order chi connectivity index (χ1) is 6.31. The summed E-state index contributed by atoms with van der Waals surface area (Å²) in [6.45, 7) is 5.29. The molecule has 0 aromatic carbocycles. The van der Waals surface area contributed by atoms with Crippen LogP contribution >= 0.6 is 11.6 Å². The van der Waals surface area contributed by atoms with E-state index in [4.69, 9.17) is 16.7 Å². The van der Waals surface area contributed by atoms with E-state index in [9.17, 15) is 9.59 Å². The van der Waals surface area contributed by atoms with Crippen molar-refractivity contribution in [2.75, 3.05) is 0 Å². The molecule has 0 aromatic heterocycles. The number of aliphatic carboxylic acids is 1. The maximum Gasteiger partial charge on any atom is 0.306 e. The van der Waals surface area contributed by atoms with Crippen LogP contribution in [0.15, 0.2) is 0 Å². The molecule has 0 radical (unpaired) electrons. The smallest absolute Gasteiger partial charge is 0.306 e. The van der Waals surface area contributed by atoms with Crippen molar-refractivity contribution in [1.29, 1.82) is 0 Å². The van der Waals surface area contributed by atoms with Gasteiger partial charge in [0.2, 0.25) is 5.24 Å². The van der Waals surface area contributed by atoms with Crippen LogP contribution < -0.4 is 0 Å². The molecule has 1 atom stereocenters. The summed E-state index contributed by atoms with van der Waals surface area (Å²) < 4.78 is 0. The van der Waals surface area contributed by atoms with Gasteiger partial charge in [0.25, 0.3) is 0 Å². The molecule has 3 nitrogen and oxygen atoms in total. The molecule has 0 aromatic rings. The highest BCUT2D eigenvalue weighted by molar-refractivity contribution is 6.64. The summed E-state index contributed by atoms with van der Waals surface area (Å²) in [5.41, 5.74) is -0.621. The third-order valence-electron chi connectivity index (χ3n) is 2.49. The first kappa shape index (κ1) is 13.4. The maximum atomic E-state index is 11.0. The van der Waals surface area contributed by atoms with Crippen molar-refractivity contribution in [2.45, 2.75) is 40.0 Å². The van der Waals surface area contributed by atoms with Crippen LogP contribution in [0.3, 0.4) is 0 Å². The Bertz CT molecular complexity index is 223. The zero-order valence-corrected chi connectivity index (χ0v) is 9.60. The van der Waals surface area contributed by atoms with E-state index < -0.39 is 16.6 Å². The van der Waals surface area contributed by atoms with Crippen LogP contribution in [0.2, 0.25) is 0 Å². The molecule has 0 aliphatic carbocycles. The van der Waals surface area contributed by atoms with Gasteiger partial charge in [0.1, 0.15) is 0 Å². The van der Waals surface area contributed by atoms with Gasteiger partial charge in [-0.2, -0.15) is 0 Å². The molecular weight excluding hydrogens is 204 g/mol. The molecule has 0 fully saturated rings. The SMILES string of the molecule is CCC(CCC(C)(C)C(=O)Cl)C(=O)O. The van der Waals surface area contributed by atoms with E-state index in [1.54, 1.807) is 13.8 Å². The summed E-state index contributed by atoms with van der Waals surface area (Å²) in [5.74, 6) is -1.17. The molecule has 0 amide bonds. The molecule has 0 rings (SSSR count). The molecular formula is C10H17ClO3. The number of hydrogen-bond donors (Lipinski definition) is 1. The maximum absolute atomic E-state index is 11.0. The monoisotopic (exact) mass is 220 g/mol. The standard InChI is InChI=1S/C10H17ClO3/c1-4-7(8(12)13)5-6-10(2,3)9(11)14/h7H,4-6H2,1-3H3,(H,12,13). The zero-order valence-electron chi connectivity index (χ0n) is 8.84. The Labute approximate surface area is 89.4 Å². The van der Waals surface area contributed by atoms with Gasteiger partial charge in [-0.25, -0.2) is 0 Å². The Kier molecular flexibility index (Phi) is 5.13. The summed E-state index contributed by atoms with van der Waals surface area (Å²) in [4.78, 5) is 21.7. The lowest BCUT2D eigenvalue weighted by molar-refractivity contribution is -0.142. The number of rotatable bonds is 6. The first-order valence-electron chi connectivity index (χ1n) is 4.74. The number of halogens is 1. The van der Waals surface area contributed by atoms with Gasteiger partial charge < -0.3 is 5.11 Å². The number of hydrogen-bond acceptors (Lipinski definition) is 2. The summed E-state index contributed by atoms with van der Waals surface area (Å²) in [6.07, 6.45) is 1.60. The van der Waals surface area contributed by atoms with Gasteiger partial charge in [-0.05, 0) is 30.9 Å². The highest BCUT2D eigenvalue weighted by Crippen LogP contribution is 2.28. The molecule has 1 unspecified atom stereocenters. The molecule has 0 spiro atoms. The molecule has 0 aliphatic heterocycles. The fourth-order valence-corrected chi connectivity index (χ4v) is 1.23. The largest absolute Gasteiger partial charge is 0.481 e. The van der Waals surface area contributed by atoms with Crippen molar-refractivity contribution in [2.24, 2.45) is 11.3 Å². The van der Waals surface area contributed by atoms with Gasteiger partial charge in [0, 0.05) is 5.41 Å². The van der Waals surface area contributed by atoms with Crippen molar-refractivity contribution in [3.63, 3.8) is 0 Å². The van der Waals surface area contributed by atoms with Gasteiger partial charge in [-0.3, -0.25) is 9.59 Å². The Morgan fingerprint density at radius 3 is 2.21 bits per heavy atom. The van der Waals surface area contributed by atoms with Crippen LogP contribution in [0, 0.1) is 11.3 Å². The minimum Gasteiger partial charge on any atom is -0.481 e. The fraction of sp³-hybridized carbons (Fsp3) is 0.800. The molecule has 4 heteroatoms. The van der Waals surface area contributed by atoms with Crippen molar-refractivity contribution >= 4 is 22.8 Å². The average molecular weight is 221 g/mol. The van der Waals surface area contributed by atoms with Gasteiger partial charge in [0.05, 0.1) is 5.92 Å². The minimum atomic E-state index is -0.801. The quantitative estimate of drug-likeness (QED) is 0.701. The molecule has 0 heterocycles. The predicted octanol–water partition coefficient (Wildman–Crippen LogP) is 2.67. The van der Waals surface area contributed by atoms with E-state index in [1.807, 2.05) is 6.92 Å². The Balaban J connectivity index is 4.16. The second-order valence-corrected chi connectivity index (χ2v) is 4.48. The molecule has 0 saturated carbocycles. The minimum absolute atomic E-state index is 0.370. The van der Waals surface area contributed by atoms with Crippen LogP contribution in [-0.2, 0) is 9.59 Å². The Hall–Kier alpha value is -0.570. The highest BCUT2D eigenvalue weighted by Gasteiger charge is 2.27. The van der Waals surface area contributed by atoms with Crippen molar-refractivity contribution in [3.8, 4) is 0 Å². The van der Waals surface area contributed by atoms with Crippen LogP contribution in [0.5, 0.6) is 0 Å². The van der Waals surface area contributed by atoms with Gasteiger partial charge >= 0.3 is 5.97 Å². The normalized spacial score (nSPS) is 13.7. The second kappa shape index (κ2) is 5.35.